The summed E-state index contributed by atoms with van der Waals surface area (Å²) in [6.07, 6.45) is 22.8. The van der Waals surface area contributed by atoms with Gasteiger partial charge in [0.2, 0.25) is 0 Å². The summed E-state index contributed by atoms with van der Waals surface area (Å²) in [5.74, 6) is 2.52. The number of ether oxygens (including phenoxy) is 1. The quantitative estimate of drug-likeness (QED) is 0.181. The number of unbranched alkanes of at least 4 members (excludes halogenated alkanes) is 7. The van der Waals surface area contributed by atoms with Crippen LogP contribution in [-0.2, 0) is 0 Å². The van der Waals surface area contributed by atoms with E-state index in [1.165, 1.54) is 108 Å². The Labute approximate surface area is 232 Å². The maximum absolute atomic E-state index is 6.02. The lowest BCUT2D eigenvalue weighted by atomic mass is 9.80. The topological polar surface area (TPSA) is 35.0 Å². The smallest absolute Gasteiger partial charge is 0.147 e. The van der Waals surface area contributed by atoms with Crippen LogP contribution >= 0.6 is 11.3 Å². The third-order valence-corrected chi connectivity index (χ3v) is 9.56. The zero-order valence-electron chi connectivity index (χ0n) is 24.4. The normalized spacial score (nSPS) is 18.3. The van der Waals surface area contributed by atoms with E-state index in [0.29, 0.717) is 11.3 Å². The molecule has 0 spiro atoms. The predicted molar refractivity (Wildman–Crippen MR) is 161 cm³/mol. The molecule has 1 saturated carbocycles. The molecule has 37 heavy (non-hydrogen) atoms. The molecule has 1 fully saturated rings. The van der Waals surface area contributed by atoms with Gasteiger partial charge in [0.15, 0.2) is 0 Å². The van der Waals surface area contributed by atoms with Crippen molar-refractivity contribution in [1.82, 2.24) is 10.2 Å². The monoisotopic (exact) mass is 526 g/mol. The summed E-state index contributed by atoms with van der Waals surface area (Å²) in [4.78, 5) is 0. The summed E-state index contributed by atoms with van der Waals surface area (Å²) in [5, 5.41) is 11.4. The molecule has 208 valence electrons. The van der Waals surface area contributed by atoms with Crippen molar-refractivity contribution in [3.05, 3.63) is 29.3 Å². The maximum Gasteiger partial charge on any atom is 0.147 e. The molecule has 0 unspecified atom stereocenters. The average Bonchev–Trinajstić information content (AvgIpc) is 3.40. The van der Waals surface area contributed by atoms with Crippen molar-refractivity contribution in [3.63, 3.8) is 0 Å². The lowest BCUT2D eigenvalue weighted by Gasteiger charge is -2.27. The highest BCUT2D eigenvalue weighted by molar-refractivity contribution is 7.14. The summed E-state index contributed by atoms with van der Waals surface area (Å²) in [5.41, 5.74) is 1.67. The molecular weight excluding hydrogens is 472 g/mol. The van der Waals surface area contributed by atoms with Gasteiger partial charge in [-0.25, -0.2) is 0 Å². The van der Waals surface area contributed by atoms with Crippen molar-refractivity contribution in [3.8, 4) is 16.3 Å². The van der Waals surface area contributed by atoms with Crippen molar-refractivity contribution >= 4 is 11.3 Å². The van der Waals surface area contributed by atoms with Gasteiger partial charge < -0.3 is 4.74 Å². The summed E-state index contributed by atoms with van der Waals surface area (Å²) in [6.45, 7) is 10.3. The Morgan fingerprint density at radius 2 is 1.46 bits per heavy atom. The van der Waals surface area contributed by atoms with Crippen molar-refractivity contribution in [2.75, 3.05) is 6.61 Å². The molecule has 0 atom stereocenters. The zero-order chi connectivity index (χ0) is 26.3. The molecule has 0 radical (unpaired) electrons. The number of rotatable bonds is 18. The van der Waals surface area contributed by atoms with E-state index in [2.05, 4.69) is 62.2 Å². The second kappa shape index (κ2) is 16.5. The van der Waals surface area contributed by atoms with E-state index in [9.17, 15) is 0 Å². The van der Waals surface area contributed by atoms with E-state index in [1.54, 1.807) is 11.3 Å². The molecule has 0 aliphatic heterocycles. The van der Waals surface area contributed by atoms with Gasteiger partial charge in [-0.15, -0.1) is 10.2 Å². The van der Waals surface area contributed by atoms with E-state index < -0.39 is 0 Å². The SMILES string of the molecule is CCCCCCC1CCC(c2nnc(-c3ccc(OCCCCCCC(C)(C)CCCC)cc3)s2)CC1. The third-order valence-electron chi connectivity index (χ3n) is 8.43. The highest BCUT2D eigenvalue weighted by Gasteiger charge is 2.25. The second-order valence-electron chi connectivity index (χ2n) is 12.3. The predicted octanol–water partition coefficient (Wildman–Crippen LogP) is 11.0. The van der Waals surface area contributed by atoms with Gasteiger partial charge in [0, 0.05) is 11.5 Å². The first-order valence-electron chi connectivity index (χ1n) is 15.6. The Morgan fingerprint density at radius 1 is 0.784 bits per heavy atom. The van der Waals surface area contributed by atoms with Crippen LogP contribution in [0.25, 0.3) is 10.6 Å². The summed E-state index contributed by atoms with van der Waals surface area (Å²) in [7, 11) is 0. The second-order valence-corrected chi connectivity index (χ2v) is 13.3. The fraction of sp³-hybridized carbons (Fsp3) is 0.758. The molecule has 1 aromatic carbocycles. The number of hydrogen-bond acceptors (Lipinski definition) is 4. The molecule has 4 heteroatoms. The lowest BCUT2D eigenvalue weighted by molar-refractivity contribution is 0.277. The minimum absolute atomic E-state index is 0.509. The molecule has 2 aromatic rings. The van der Waals surface area contributed by atoms with Crippen LogP contribution in [0.2, 0.25) is 0 Å². The van der Waals surface area contributed by atoms with Gasteiger partial charge in [-0.3, -0.25) is 0 Å². The largest absolute Gasteiger partial charge is 0.494 e. The van der Waals surface area contributed by atoms with Crippen LogP contribution in [-0.4, -0.2) is 16.8 Å². The van der Waals surface area contributed by atoms with Crippen molar-refractivity contribution in [1.29, 1.82) is 0 Å². The molecule has 1 aliphatic carbocycles. The van der Waals surface area contributed by atoms with Crippen LogP contribution in [0, 0.1) is 11.3 Å². The standard InChI is InChI=1S/C33H54N2OS/c1-5-7-9-12-15-27-16-18-28(19-17-27)31-34-35-32(37-31)29-20-22-30(23-21-29)36-26-14-11-10-13-25-33(3,4)24-8-6-2/h20-23,27-28H,5-19,24-26H2,1-4H3. The highest BCUT2D eigenvalue weighted by atomic mass is 32.1. The van der Waals surface area contributed by atoms with E-state index in [-0.39, 0.29) is 0 Å². The van der Waals surface area contributed by atoms with E-state index in [0.717, 1.165) is 35.3 Å². The van der Waals surface area contributed by atoms with Crippen molar-refractivity contribution in [2.24, 2.45) is 11.3 Å². The molecule has 3 rings (SSSR count). The van der Waals surface area contributed by atoms with Gasteiger partial charge in [0.25, 0.3) is 0 Å². The maximum atomic E-state index is 6.02. The Kier molecular flexibility index (Phi) is 13.5. The van der Waals surface area contributed by atoms with E-state index in [4.69, 9.17) is 4.74 Å². The molecular formula is C33H54N2OS. The Balaban J connectivity index is 1.32. The molecule has 0 bridgehead atoms. The van der Waals surface area contributed by atoms with Gasteiger partial charge in [-0.1, -0.05) is 103 Å². The molecule has 1 aliphatic rings. The van der Waals surface area contributed by atoms with Crippen LogP contribution < -0.4 is 4.74 Å². The van der Waals surface area contributed by atoms with Gasteiger partial charge in [0.1, 0.15) is 15.8 Å². The Hall–Kier alpha value is -1.42. The molecule has 3 nitrogen and oxygen atoms in total. The van der Waals surface area contributed by atoms with Crippen molar-refractivity contribution < 1.29 is 4.74 Å². The van der Waals surface area contributed by atoms with Crippen LogP contribution in [0.4, 0.5) is 0 Å². The van der Waals surface area contributed by atoms with E-state index >= 15 is 0 Å². The van der Waals surface area contributed by atoms with Crippen LogP contribution in [0.1, 0.15) is 148 Å². The molecule has 0 amide bonds. The van der Waals surface area contributed by atoms with Gasteiger partial charge in [-0.2, -0.15) is 0 Å². The zero-order valence-corrected chi connectivity index (χ0v) is 25.2. The van der Waals surface area contributed by atoms with Crippen molar-refractivity contribution in [2.45, 2.75) is 143 Å². The Morgan fingerprint density at radius 3 is 2.19 bits per heavy atom. The summed E-state index contributed by atoms with van der Waals surface area (Å²) < 4.78 is 6.02. The number of nitrogens with zero attached hydrogens (tertiary/aromatic N) is 2. The first kappa shape index (κ1) is 30.1. The highest BCUT2D eigenvalue weighted by Crippen LogP contribution is 2.40. The third kappa shape index (κ3) is 11.1. The molecule has 1 aromatic heterocycles. The van der Waals surface area contributed by atoms with Gasteiger partial charge in [0.05, 0.1) is 6.61 Å². The molecule has 0 saturated heterocycles. The number of hydrogen-bond donors (Lipinski definition) is 0. The van der Waals surface area contributed by atoms with Gasteiger partial charge in [-0.05, 0) is 80.5 Å². The first-order chi connectivity index (χ1) is 18.0. The van der Waals surface area contributed by atoms with Crippen LogP contribution in [0.3, 0.4) is 0 Å². The fourth-order valence-corrected chi connectivity index (χ4v) is 6.82. The van der Waals surface area contributed by atoms with E-state index in [1.807, 2.05) is 0 Å². The van der Waals surface area contributed by atoms with Crippen LogP contribution in [0.15, 0.2) is 24.3 Å². The molecule has 1 heterocycles. The average molecular weight is 527 g/mol. The first-order valence-corrected chi connectivity index (χ1v) is 16.4. The summed E-state index contributed by atoms with van der Waals surface area (Å²) >= 11 is 1.80. The fourth-order valence-electron chi connectivity index (χ4n) is 5.80. The molecule has 0 N–H and O–H groups in total. The Bertz CT molecular complexity index is 851. The van der Waals surface area contributed by atoms with Crippen LogP contribution in [0.5, 0.6) is 5.75 Å². The van der Waals surface area contributed by atoms with Gasteiger partial charge >= 0.3 is 0 Å². The summed E-state index contributed by atoms with van der Waals surface area (Å²) in [6, 6.07) is 8.48. The number of benzene rings is 1. The number of aromatic nitrogens is 2. The minimum Gasteiger partial charge on any atom is -0.494 e. The lowest BCUT2D eigenvalue weighted by Crippen LogP contribution is -2.13. The minimum atomic E-state index is 0.509.